The molecular formula is C55H112F2N4OPt2. The van der Waals surface area contributed by atoms with Gasteiger partial charge in [0.15, 0.2) is 0 Å². The second kappa shape index (κ2) is 72.0. The van der Waals surface area contributed by atoms with Crippen molar-refractivity contribution in [3.05, 3.63) is 133 Å². The standard InChI is InChI=1S/C15H12F2N.C14H12NO.8C2H6.6CH4.4CH3.2H2N.2Pt/c1-15(16,17)10-7-8-12-11-5-3-4-6-13(11)18(2)14(12)9-10;1-15-13-6-4-3-5-11(13)12-8-7-10(16-2)9-14(12)15;8*1-2;;;;;;;;;;;;;;/h3-8H,1-2H3;3-8H,1-2H3;8*1-2H3;6*1H4;4*1H3;2*1H2;;/q2*-1;;;;;;;;;;;;;;;6*-1;2*+4. The molecule has 2 aromatic heterocycles. The van der Waals surface area contributed by atoms with Gasteiger partial charge < -0.3 is 55.9 Å². The number of hydrogen-bond acceptors (Lipinski definition) is 1. The third kappa shape index (κ3) is 33.8. The van der Waals surface area contributed by atoms with Crippen molar-refractivity contribution in [2.24, 2.45) is 14.1 Å². The SMILES string of the molecule is C.C.C.C.C.C.CC.CC.CC.CC.CC.CC.CC.CC.COc1[c-]c2c(cc1)c1ccccc1n2C.Cn1c2[c-]c(C(C)(F)F)ccc2c2ccccc21.[CH3-].[CH3-].[CH3-].[CH3-].[NH2-].[NH2-].[Pt+4].[Pt+4]. The monoisotopic (exact) mass is 1270 g/mol. The largest absolute Gasteiger partial charge is 4.00 e. The summed E-state index contributed by atoms with van der Waals surface area (Å²) in [6.45, 7) is 32.9. The number of rotatable bonds is 2. The Hall–Kier alpha value is -2.56. The molecule has 0 aliphatic rings. The molecule has 0 amide bonds. The molecule has 0 saturated heterocycles. The van der Waals surface area contributed by atoms with Crippen LogP contribution in [0, 0.1) is 41.8 Å². The Labute approximate surface area is 433 Å². The predicted molar refractivity (Wildman–Crippen MR) is 302 cm³/mol. The van der Waals surface area contributed by atoms with Crippen molar-refractivity contribution >= 4 is 43.6 Å². The molecule has 0 bridgehead atoms. The number of nitrogens with zero attached hydrogens (tertiary/aromatic N) is 2. The molecule has 4 N–H and O–H groups in total. The van der Waals surface area contributed by atoms with Gasteiger partial charge in [-0.1, -0.05) is 208 Å². The summed E-state index contributed by atoms with van der Waals surface area (Å²) in [4.78, 5) is 0. The number of fused-ring (bicyclic) bond motifs is 6. The minimum Gasteiger partial charge on any atom is -0.693 e. The predicted octanol–water partition coefficient (Wildman–Crippen LogP) is 22.6. The second-order valence-corrected chi connectivity index (χ2v) is 8.46. The van der Waals surface area contributed by atoms with Gasteiger partial charge in [0.2, 0.25) is 5.92 Å². The maximum atomic E-state index is 13.3. The van der Waals surface area contributed by atoms with Gasteiger partial charge in [0, 0.05) is 37.8 Å². The Balaban J connectivity index is -0.0000000270. The van der Waals surface area contributed by atoms with E-state index in [0.717, 1.165) is 40.0 Å². The molecule has 5 nitrogen and oxygen atoms in total. The maximum absolute atomic E-state index is 13.3. The maximum Gasteiger partial charge on any atom is 4.00 e. The molecule has 6 rings (SSSR count). The van der Waals surface area contributed by atoms with Crippen molar-refractivity contribution in [1.82, 2.24) is 9.13 Å². The summed E-state index contributed by atoms with van der Waals surface area (Å²) in [7, 11) is 5.60. The number of aryl methyl sites for hydroxylation is 2. The molecule has 9 heteroatoms. The van der Waals surface area contributed by atoms with Crippen molar-refractivity contribution in [3.8, 4) is 5.75 Å². The fourth-order valence-corrected chi connectivity index (χ4v) is 4.51. The zero-order valence-corrected chi connectivity index (χ0v) is 45.8. The van der Waals surface area contributed by atoms with E-state index >= 15 is 0 Å². The molecule has 2 heterocycles. The molecule has 0 unspecified atom stereocenters. The summed E-state index contributed by atoms with van der Waals surface area (Å²) in [5.74, 6) is -2.08. The van der Waals surface area contributed by atoms with E-state index in [-0.39, 0.29) is 134 Å². The minimum atomic E-state index is -2.86. The van der Waals surface area contributed by atoms with Crippen LogP contribution in [-0.4, -0.2) is 16.2 Å². The van der Waals surface area contributed by atoms with Gasteiger partial charge in [0.25, 0.3) is 0 Å². The number of aromatic nitrogens is 2. The smallest absolute Gasteiger partial charge is 0.693 e. The molecule has 64 heavy (non-hydrogen) atoms. The van der Waals surface area contributed by atoms with E-state index in [1.165, 1.54) is 22.4 Å². The fourth-order valence-electron chi connectivity index (χ4n) is 4.51. The Morgan fingerprint density at radius 1 is 0.438 bits per heavy atom. The number of hydrogen-bond donors (Lipinski definition) is 0. The second-order valence-electron chi connectivity index (χ2n) is 8.46. The molecule has 0 saturated carbocycles. The first-order valence-corrected chi connectivity index (χ1v) is 19.0. The van der Waals surface area contributed by atoms with E-state index in [2.05, 4.69) is 54.1 Å². The van der Waals surface area contributed by atoms with E-state index < -0.39 is 5.92 Å². The van der Waals surface area contributed by atoms with E-state index in [4.69, 9.17) is 4.74 Å². The molecule has 6 aromatic rings. The molecule has 392 valence electrons. The molecule has 4 aromatic carbocycles. The average Bonchev–Trinajstić information content (AvgIpc) is 3.67. The molecular weight excluding hydrogens is 1160 g/mol. The Kier molecular flexibility index (Phi) is 134. The van der Waals surface area contributed by atoms with Gasteiger partial charge in [-0.25, -0.2) is 8.78 Å². The average molecular weight is 1270 g/mol. The summed E-state index contributed by atoms with van der Waals surface area (Å²) in [5.41, 5.74) is 3.99. The van der Waals surface area contributed by atoms with Gasteiger partial charge in [-0.15, -0.1) is 29.0 Å². The van der Waals surface area contributed by atoms with E-state index in [1.54, 1.807) is 13.2 Å². The Morgan fingerprint density at radius 2 is 0.703 bits per heavy atom. The molecule has 0 radical (unpaired) electrons. The van der Waals surface area contributed by atoms with Crippen LogP contribution in [0.2, 0.25) is 0 Å². The number of nitrogens with two attached hydrogens (primary N) is 2. The molecule has 0 fully saturated rings. The molecule has 0 aliphatic carbocycles. The summed E-state index contributed by atoms with van der Waals surface area (Å²) in [6.07, 6.45) is 0. The number of halogens is 2. The van der Waals surface area contributed by atoms with Gasteiger partial charge in [0.05, 0.1) is 7.11 Å². The first-order valence-electron chi connectivity index (χ1n) is 19.0. The third-order valence-corrected chi connectivity index (χ3v) is 6.30. The normalized spacial score (nSPS) is 7.03. The zero-order chi connectivity index (χ0) is 40.0. The first-order chi connectivity index (χ1) is 24.3. The van der Waals surface area contributed by atoms with Gasteiger partial charge in [-0.2, -0.15) is 18.2 Å². The summed E-state index contributed by atoms with van der Waals surface area (Å²) in [5, 5.41) is 4.51. The summed E-state index contributed by atoms with van der Waals surface area (Å²) >= 11 is 0. The van der Waals surface area contributed by atoms with Crippen LogP contribution in [0.3, 0.4) is 0 Å². The summed E-state index contributed by atoms with van der Waals surface area (Å²) in [6, 6.07) is 29.6. The Bertz CT molecular complexity index is 1680. The third-order valence-electron chi connectivity index (χ3n) is 6.30. The molecule has 0 aliphatic heterocycles. The van der Waals surface area contributed by atoms with Gasteiger partial charge in [0.1, 0.15) is 0 Å². The van der Waals surface area contributed by atoms with Gasteiger partial charge in [-0.05, 0) is 22.9 Å². The van der Waals surface area contributed by atoms with Crippen LogP contribution in [0.25, 0.3) is 55.9 Å². The van der Waals surface area contributed by atoms with Crippen LogP contribution in [0.1, 0.15) is 168 Å². The number of benzene rings is 4. The van der Waals surface area contributed by atoms with Crippen LogP contribution in [0.5, 0.6) is 5.75 Å². The van der Waals surface area contributed by atoms with Crippen LogP contribution in [0.4, 0.5) is 8.78 Å². The van der Waals surface area contributed by atoms with E-state index in [1.807, 2.05) is 153 Å². The van der Waals surface area contributed by atoms with Crippen LogP contribution < -0.4 is 4.74 Å². The van der Waals surface area contributed by atoms with Crippen molar-refractivity contribution in [2.75, 3.05) is 7.11 Å². The minimum absolute atomic E-state index is 0. The first kappa shape index (κ1) is 119. The Morgan fingerprint density at radius 3 is 0.984 bits per heavy atom. The van der Waals surface area contributed by atoms with Gasteiger partial charge in [-0.3, -0.25) is 0 Å². The zero-order valence-electron chi connectivity index (χ0n) is 41.3. The number of methoxy groups -OCH3 is 1. The molecule has 0 spiro atoms. The number of alkyl halides is 2. The van der Waals surface area contributed by atoms with E-state index in [9.17, 15) is 8.78 Å². The fraction of sp³-hybridized carbons (Fsp3) is 0.491. The van der Waals surface area contributed by atoms with Crippen molar-refractivity contribution in [3.63, 3.8) is 0 Å². The van der Waals surface area contributed by atoms with E-state index in [0.29, 0.717) is 0 Å². The quantitative estimate of drug-likeness (QED) is 0.159. The molecule has 0 atom stereocenters. The van der Waals surface area contributed by atoms with Crippen LogP contribution in [0.15, 0.2) is 72.8 Å². The van der Waals surface area contributed by atoms with Gasteiger partial charge >= 0.3 is 42.1 Å². The number of para-hydroxylation sites is 2. The van der Waals surface area contributed by atoms with Crippen molar-refractivity contribution in [1.29, 1.82) is 0 Å². The van der Waals surface area contributed by atoms with Crippen LogP contribution in [-0.2, 0) is 62.1 Å². The topological polar surface area (TPSA) is 86.1 Å². The van der Waals surface area contributed by atoms with Crippen LogP contribution >= 0.6 is 0 Å². The summed E-state index contributed by atoms with van der Waals surface area (Å²) < 4.78 is 35.9. The van der Waals surface area contributed by atoms with Crippen molar-refractivity contribution < 1.29 is 55.6 Å². The van der Waals surface area contributed by atoms with Crippen molar-refractivity contribution in [2.45, 2.75) is 168 Å². The number of ether oxygens (including phenoxy) is 1.